The van der Waals surface area contributed by atoms with Crippen LogP contribution in [0.3, 0.4) is 0 Å². The molecule has 5 nitrogen and oxygen atoms in total. The fourth-order valence-corrected chi connectivity index (χ4v) is 2.89. The standard InChI is InChI=1S/C15H26N2O3/c1-4-10(2)12-15(19)17(8-5-9-20-3)13(11-6-7-11)14(18)16-12/h10-13H,4-9H2,1-3H3,(H,16,18). The lowest BCUT2D eigenvalue weighted by atomic mass is 9.93. The van der Waals surface area contributed by atoms with E-state index in [1.807, 2.05) is 18.7 Å². The summed E-state index contributed by atoms with van der Waals surface area (Å²) in [7, 11) is 1.66. The molecule has 0 bridgehead atoms. The Morgan fingerprint density at radius 3 is 2.65 bits per heavy atom. The van der Waals surface area contributed by atoms with E-state index in [0.717, 1.165) is 25.7 Å². The minimum atomic E-state index is -0.356. The number of piperazine rings is 1. The highest BCUT2D eigenvalue weighted by molar-refractivity contribution is 5.97. The molecule has 1 saturated carbocycles. The number of nitrogens with zero attached hydrogens (tertiary/aromatic N) is 1. The molecular weight excluding hydrogens is 256 g/mol. The molecule has 0 radical (unpaired) electrons. The largest absolute Gasteiger partial charge is 0.385 e. The molecule has 1 saturated heterocycles. The molecule has 20 heavy (non-hydrogen) atoms. The van der Waals surface area contributed by atoms with Crippen molar-refractivity contribution in [3.63, 3.8) is 0 Å². The number of nitrogens with one attached hydrogen (secondary N) is 1. The molecule has 1 N–H and O–H groups in total. The van der Waals surface area contributed by atoms with Crippen molar-refractivity contribution in [3.05, 3.63) is 0 Å². The normalized spacial score (nSPS) is 28.4. The Kier molecular flexibility index (Phi) is 5.02. The van der Waals surface area contributed by atoms with E-state index < -0.39 is 0 Å². The molecule has 0 aromatic heterocycles. The zero-order valence-corrected chi connectivity index (χ0v) is 12.7. The summed E-state index contributed by atoms with van der Waals surface area (Å²) in [6, 6.07) is -0.607. The Morgan fingerprint density at radius 2 is 2.10 bits per heavy atom. The first-order chi connectivity index (χ1) is 9.60. The van der Waals surface area contributed by atoms with Gasteiger partial charge in [0.1, 0.15) is 12.1 Å². The van der Waals surface area contributed by atoms with Crippen LogP contribution in [0.4, 0.5) is 0 Å². The topological polar surface area (TPSA) is 58.6 Å². The van der Waals surface area contributed by atoms with Gasteiger partial charge in [-0.15, -0.1) is 0 Å². The van der Waals surface area contributed by atoms with Gasteiger partial charge in [-0.25, -0.2) is 0 Å². The van der Waals surface area contributed by atoms with Gasteiger partial charge in [-0.2, -0.15) is 0 Å². The van der Waals surface area contributed by atoms with Crippen LogP contribution in [0.2, 0.25) is 0 Å². The van der Waals surface area contributed by atoms with E-state index in [0.29, 0.717) is 19.1 Å². The Bertz CT molecular complexity index is 368. The second-order valence-corrected chi connectivity index (χ2v) is 6.03. The molecule has 1 aliphatic carbocycles. The van der Waals surface area contributed by atoms with Gasteiger partial charge >= 0.3 is 0 Å². The number of ether oxygens (including phenoxy) is 1. The third-order valence-electron chi connectivity index (χ3n) is 4.48. The number of methoxy groups -OCH3 is 1. The van der Waals surface area contributed by atoms with Gasteiger partial charge in [-0.1, -0.05) is 20.3 Å². The van der Waals surface area contributed by atoms with Crippen LogP contribution in [-0.2, 0) is 14.3 Å². The van der Waals surface area contributed by atoms with E-state index in [4.69, 9.17) is 4.74 Å². The molecule has 3 unspecified atom stereocenters. The molecule has 5 heteroatoms. The summed E-state index contributed by atoms with van der Waals surface area (Å²) in [5.74, 6) is 0.665. The number of amides is 2. The molecule has 114 valence electrons. The van der Waals surface area contributed by atoms with Crippen molar-refractivity contribution in [2.45, 2.75) is 51.6 Å². The number of carbonyl (C=O) groups is 2. The SMILES string of the molecule is CCC(C)C1NC(=O)C(C2CC2)N(CCCOC)C1=O. The van der Waals surface area contributed by atoms with Gasteiger partial charge in [-0.05, 0) is 31.1 Å². The molecule has 0 spiro atoms. The fourth-order valence-electron chi connectivity index (χ4n) is 2.89. The zero-order chi connectivity index (χ0) is 14.7. The molecule has 1 heterocycles. The lowest BCUT2D eigenvalue weighted by molar-refractivity contribution is -0.152. The maximum absolute atomic E-state index is 12.7. The summed E-state index contributed by atoms with van der Waals surface area (Å²) in [6.07, 6.45) is 3.78. The summed E-state index contributed by atoms with van der Waals surface area (Å²) in [5.41, 5.74) is 0. The van der Waals surface area contributed by atoms with Crippen LogP contribution < -0.4 is 5.32 Å². The average Bonchev–Trinajstić information content (AvgIpc) is 3.26. The predicted molar refractivity (Wildman–Crippen MR) is 76.1 cm³/mol. The molecule has 2 fully saturated rings. The van der Waals surface area contributed by atoms with Crippen LogP contribution in [0, 0.1) is 11.8 Å². The van der Waals surface area contributed by atoms with Crippen LogP contribution in [0.25, 0.3) is 0 Å². The molecule has 3 atom stereocenters. The van der Waals surface area contributed by atoms with Crippen molar-refractivity contribution < 1.29 is 14.3 Å². The molecule has 1 aliphatic heterocycles. The van der Waals surface area contributed by atoms with Crippen molar-refractivity contribution in [1.82, 2.24) is 10.2 Å². The summed E-state index contributed by atoms with van der Waals surface area (Å²) in [6.45, 7) is 5.31. The van der Waals surface area contributed by atoms with Crippen LogP contribution in [0.15, 0.2) is 0 Å². The minimum Gasteiger partial charge on any atom is -0.385 e. The number of hydrogen-bond donors (Lipinski definition) is 1. The molecule has 0 aromatic carbocycles. The van der Waals surface area contributed by atoms with Crippen LogP contribution in [0.1, 0.15) is 39.5 Å². The number of hydrogen-bond acceptors (Lipinski definition) is 3. The maximum atomic E-state index is 12.7. The molecule has 2 aliphatic rings. The summed E-state index contributed by atoms with van der Waals surface area (Å²) in [5, 5.41) is 2.95. The monoisotopic (exact) mass is 282 g/mol. The molecule has 2 amide bonds. The highest BCUT2D eigenvalue weighted by Crippen LogP contribution is 2.37. The first-order valence-corrected chi connectivity index (χ1v) is 7.70. The summed E-state index contributed by atoms with van der Waals surface area (Å²) in [4.78, 5) is 26.8. The summed E-state index contributed by atoms with van der Waals surface area (Å²) >= 11 is 0. The lowest BCUT2D eigenvalue weighted by Gasteiger charge is -2.41. The Morgan fingerprint density at radius 1 is 1.40 bits per heavy atom. The lowest BCUT2D eigenvalue weighted by Crippen LogP contribution is -2.65. The molecule has 2 rings (SSSR count). The van der Waals surface area contributed by atoms with E-state index in [2.05, 4.69) is 5.32 Å². The number of carbonyl (C=O) groups excluding carboxylic acids is 2. The van der Waals surface area contributed by atoms with Gasteiger partial charge in [-0.3, -0.25) is 9.59 Å². The third-order valence-corrected chi connectivity index (χ3v) is 4.48. The van der Waals surface area contributed by atoms with Gasteiger partial charge in [0.25, 0.3) is 0 Å². The predicted octanol–water partition coefficient (Wildman–Crippen LogP) is 1.17. The van der Waals surface area contributed by atoms with Crippen molar-refractivity contribution in [3.8, 4) is 0 Å². The van der Waals surface area contributed by atoms with Gasteiger partial charge in [0, 0.05) is 20.3 Å². The van der Waals surface area contributed by atoms with E-state index >= 15 is 0 Å². The third kappa shape index (κ3) is 3.14. The second kappa shape index (κ2) is 6.57. The van der Waals surface area contributed by atoms with Crippen molar-refractivity contribution in [2.75, 3.05) is 20.3 Å². The van der Waals surface area contributed by atoms with E-state index in [9.17, 15) is 9.59 Å². The highest BCUT2D eigenvalue weighted by Gasteiger charge is 2.48. The van der Waals surface area contributed by atoms with Crippen molar-refractivity contribution in [1.29, 1.82) is 0 Å². The highest BCUT2D eigenvalue weighted by atomic mass is 16.5. The first-order valence-electron chi connectivity index (χ1n) is 7.70. The van der Waals surface area contributed by atoms with Crippen LogP contribution in [-0.4, -0.2) is 49.1 Å². The fraction of sp³-hybridized carbons (Fsp3) is 0.867. The van der Waals surface area contributed by atoms with Gasteiger partial charge < -0.3 is 15.0 Å². The number of rotatable bonds is 7. The molecule has 0 aromatic rings. The van der Waals surface area contributed by atoms with E-state index in [-0.39, 0.29) is 29.8 Å². The quantitative estimate of drug-likeness (QED) is 0.713. The Labute approximate surface area is 121 Å². The summed E-state index contributed by atoms with van der Waals surface area (Å²) < 4.78 is 5.06. The zero-order valence-electron chi connectivity index (χ0n) is 12.7. The van der Waals surface area contributed by atoms with E-state index in [1.165, 1.54) is 0 Å². The smallest absolute Gasteiger partial charge is 0.246 e. The van der Waals surface area contributed by atoms with E-state index in [1.54, 1.807) is 7.11 Å². The Hall–Kier alpha value is -1.10. The molecular formula is C15H26N2O3. The van der Waals surface area contributed by atoms with Crippen LogP contribution >= 0.6 is 0 Å². The Balaban J connectivity index is 2.10. The average molecular weight is 282 g/mol. The van der Waals surface area contributed by atoms with Gasteiger partial charge in [0.05, 0.1) is 0 Å². The van der Waals surface area contributed by atoms with Gasteiger partial charge in [0.2, 0.25) is 11.8 Å². The second-order valence-electron chi connectivity index (χ2n) is 6.03. The maximum Gasteiger partial charge on any atom is 0.246 e. The minimum absolute atomic E-state index is 0.0369. The van der Waals surface area contributed by atoms with Crippen molar-refractivity contribution >= 4 is 11.8 Å². The first kappa shape index (κ1) is 15.3. The van der Waals surface area contributed by atoms with Gasteiger partial charge in [0.15, 0.2) is 0 Å². The van der Waals surface area contributed by atoms with Crippen molar-refractivity contribution in [2.24, 2.45) is 11.8 Å². The van der Waals surface area contributed by atoms with Crippen LogP contribution in [0.5, 0.6) is 0 Å².